The first kappa shape index (κ1) is 11.3. The van der Waals surface area contributed by atoms with E-state index in [1.165, 1.54) is 0 Å². The van der Waals surface area contributed by atoms with Gasteiger partial charge in [-0.1, -0.05) is 0 Å². The maximum absolute atomic E-state index is 9.88. The van der Waals surface area contributed by atoms with E-state index in [-0.39, 0.29) is 17.3 Å². The molecular weight excluding hydrogens is 196 g/mol. The molecule has 2 aliphatic heterocycles. The lowest BCUT2D eigenvalue weighted by Crippen LogP contribution is -2.50. The van der Waals surface area contributed by atoms with Crippen LogP contribution >= 0.6 is 0 Å². The number of hydrogen-bond acceptors (Lipinski definition) is 4. The zero-order chi connectivity index (χ0) is 10.9. The second kappa shape index (κ2) is 4.01. The van der Waals surface area contributed by atoms with E-state index in [0.717, 1.165) is 12.8 Å². The van der Waals surface area contributed by atoms with Crippen LogP contribution in [0.25, 0.3) is 0 Å². The largest absolute Gasteiger partial charge is 0.393 e. The molecule has 0 spiro atoms. The van der Waals surface area contributed by atoms with Crippen molar-refractivity contribution in [3.05, 3.63) is 0 Å². The third kappa shape index (κ3) is 2.04. The molecule has 4 nitrogen and oxygen atoms in total. The molecule has 0 radical (unpaired) electrons. The number of rotatable bonds is 4. The second-order valence-electron chi connectivity index (χ2n) is 4.90. The molecule has 3 atom stereocenters. The maximum atomic E-state index is 9.88. The third-order valence-corrected chi connectivity index (χ3v) is 3.50. The summed E-state index contributed by atoms with van der Waals surface area (Å²) in [5.74, 6) is 0. The summed E-state index contributed by atoms with van der Waals surface area (Å²) in [5.41, 5.74) is -0.546. The fraction of sp³-hybridized carbons (Fsp3) is 1.00. The first-order valence-corrected chi connectivity index (χ1v) is 5.50. The van der Waals surface area contributed by atoms with Crippen LogP contribution in [0.5, 0.6) is 0 Å². The molecule has 0 aliphatic carbocycles. The fourth-order valence-electron chi connectivity index (χ4n) is 3.08. The monoisotopic (exact) mass is 216 g/mol. The summed E-state index contributed by atoms with van der Waals surface area (Å²) < 4.78 is 16.5. The van der Waals surface area contributed by atoms with Crippen molar-refractivity contribution >= 4 is 0 Å². The smallest absolute Gasteiger partial charge is 0.0949 e. The van der Waals surface area contributed by atoms with Gasteiger partial charge in [0.15, 0.2) is 0 Å². The molecule has 0 unspecified atom stereocenters. The van der Waals surface area contributed by atoms with E-state index in [2.05, 4.69) is 0 Å². The summed E-state index contributed by atoms with van der Waals surface area (Å²) in [7, 11) is 3.35. The lowest BCUT2D eigenvalue weighted by Gasteiger charge is -2.41. The Morgan fingerprint density at radius 2 is 1.60 bits per heavy atom. The number of fused-ring (bicyclic) bond motifs is 2. The van der Waals surface area contributed by atoms with Crippen molar-refractivity contribution < 1.29 is 19.3 Å². The molecule has 4 heteroatoms. The maximum Gasteiger partial charge on any atom is 0.0949 e. The minimum Gasteiger partial charge on any atom is -0.393 e. The molecule has 0 aromatic carbocycles. The molecular formula is C11H20O4. The Kier molecular flexibility index (Phi) is 3.03. The van der Waals surface area contributed by atoms with Crippen LogP contribution in [0.4, 0.5) is 0 Å². The zero-order valence-electron chi connectivity index (χ0n) is 9.49. The van der Waals surface area contributed by atoms with E-state index in [4.69, 9.17) is 14.2 Å². The van der Waals surface area contributed by atoms with Crippen LogP contribution in [-0.4, -0.2) is 49.8 Å². The number of aliphatic hydroxyl groups excluding tert-OH is 1. The van der Waals surface area contributed by atoms with E-state index < -0.39 is 0 Å². The highest BCUT2D eigenvalue weighted by molar-refractivity contribution is 5.04. The van der Waals surface area contributed by atoms with Gasteiger partial charge >= 0.3 is 0 Å². The number of hydrogen-bond donors (Lipinski definition) is 1. The lowest BCUT2D eigenvalue weighted by atomic mass is 9.91. The molecule has 2 heterocycles. The average molecular weight is 216 g/mol. The molecule has 0 aromatic heterocycles. The normalized spacial score (nSPS) is 44.6. The first-order valence-electron chi connectivity index (χ1n) is 5.50. The van der Waals surface area contributed by atoms with Crippen LogP contribution in [0, 0.1) is 0 Å². The van der Waals surface area contributed by atoms with Gasteiger partial charge in [0.05, 0.1) is 30.5 Å². The summed E-state index contributed by atoms with van der Waals surface area (Å²) >= 11 is 0. The fourth-order valence-corrected chi connectivity index (χ4v) is 3.08. The van der Waals surface area contributed by atoms with Crippen molar-refractivity contribution in [2.75, 3.05) is 27.4 Å². The van der Waals surface area contributed by atoms with Crippen molar-refractivity contribution in [1.29, 1.82) is 0 Å². The Hall–Kier alpha value is -0.160. The summed E-state index contributed by atoms with van der Waals surface area (Å²) in [6.07, 6.45) is 3.01. The Labute approximate surface area is 90.5 Å². The standard InChI is InChI=1S/C11H20O4/c1-13-7-10-3-4-11(15-10,8-14-2)6-9(12)5-10/h9,12H,3-8H2,1-2H3/t9-,10+,11-. The minimum atomic E-state index is -0.286. The summed E-state index contributed by atoms with van der Waals surface area (Å²) in [6, 6.07) is 0. The third-order valence-electron chi connectivity index (χ3n) is 3.50. The van der Waals surface area contributed by atoms with Gasteiger partial charge in [-0.05, 0) is 12.8 Å². The molecule has 0 amide bonds. The van der Waals surface area contributed by atoms with Crippen LogP contribution < -0.4 is 0 Å². The van der Waals surface area contributed by atoms with Gasteiger partial charge in [-0.2, -0.15) is 0 Å². The van der Waals surface area contributed by atoms with Crippen molar-refractivity contribution in [3.8, 4) is 0 Å². The van der Waals surface area contributed by atoms with Crippen molar-refractivity contribution in [3.63, 3.8) is 0 Å². The van der Waals surface area contributed by atoms with Gasteiger partial charge in [-0.15, -0.1) is 0 Å². The molecule has 0 aromatic rings. The summed E-state index contributed by atoms with van der Waals surface area (Å²) in [5, 5.41) is 9.88. The highest BCUT2D eigenvalue weighted by atomic mass is 16.6. The molecule has 2 saturated heterocycles. The van der Waals surface area contributed by atoms with Gasteiger partial charge in [0.1, 0.15) is 0 Å². The van der Waals surface area contributed by atoms with Gasteiger partial charge in [0, 0.05) is 27.1 Å². The summed E-state index contributed by atoms with van der Waals surface area (Å²) in [4.78, 5) is 0. The van der Waals surface area contributed by atoms with Gasteiger partial charge < -0.3 is 19.3 Å². The average Bonchev–Trinajstić information content (AvgIpc) is 2.39. The lowest BCUT2D eigenvalue weighted by molar-refractivity contribution is -0.204. The highest BCUT2D eigenvalue weighted by Gasteiger charge is 2.55. The second-order valence-corrected chi connectivity index (χ2v) is 4.90. The van der Waals surface area contributed by atoms with E-state index in [1.807, 2.05) is 0 Å². The first-order chi connectivity index (χ1) is 7.14. The van der Waals surface area contributed by atoms with E-state index >= 15 is 0 Å². The van der Waals surface area contributed by atoms with E-state index in [9.17, 15) is 5.11 Å². The van der Waals surface area contributed by atoms with Crippen LogP contribution in [0.2, 0.25) is 0 Å². The highest BCUT2D eigenvalue weighted by Crippen LogP contribution is 2.48. The van der Waals surface area contributed by atoms with Gasteiger partial charge in [-0.3, -0.25) is 0 Å². The number of methoxy groups -OCH3 is 2. The van der Waals surface area contributed by atoms with Crippen molar-refractivity contribution in [1.82, 2.24) is 0 Å². The number of aliphatic hydroxyl groups is 1. The Balaban J connectivity index is 2.12. The molecule has 15 heavy (non-hydrogen) atoms. The summed E-state index contributed by atoms with van der Waals surface area (Å²) in [6.45, 7) is 1.13. The molecule has 1 N–H and O–H groups in total. The molecule has 2 bridgehead atoms. The van der Waals surface area contributed by atoms with Crippen LogP contribution in [0.3, 0.4) is 0 Å². The predicted molar refractivity (Wildman–Crippen MR) is 54.8 cm³/mol. The Bertz CT molecular complexity index is 211. The predicted octanol–water partition coefficient (Wildman–Crippen LogP) is 0.722. The molecule has 88 valence electrons. The van der Waals surface area contributed by atoms with Crippen molar-refractivity contribution in [2.45, 2.75) is 43.0 Å². The SMILES string of the molecule is COC[C@@]12CC[C@@](COC)(C[C@@H](O)C1)O2. The van der Waals surface area contributed by atoms with E-state index in [1.54, 1.807) is 14.2 Å². The zero-order valence-corrected chi connectivity index (χ0v) is 9.49. The molecule has 2 rings (SSSR count). The van der Waals surface area contributed by atoms with Gasteiger partial charge in [-0.25, -0.2) is 0 Å². The Morgan fingerprint density at radius 1 is 1.13 bits per heavy atom. The molecule has 0 saturated carbocycles. The molecule has 2 aliphatic rings. The minimum absolute atomic E-state index is 0.273. The van der Waals surface area contributed by atoms with Crippen LogP contribution in [0.15, 0.2) is 0 Å². The topological polar surface area (TPSA) is 47.9 Å². The van der Waals surface area contributed by atoms with Crippen LogP contribution in [-0.2, 0) is 14.2 Å². The van der Waals surface area contributed by atoms with E-state index in [0.29, 0.717) is 26.1 Å². The Morgan fingerprint density at radius 3 is 2.00 bits per heavy atom. The molecule has 2 fully saturated rings. The van der Waals surface area contributed by atoms with Crippen molar-refractivity contribution in [2.24, 2.45) is 0 Å². The van der Waals surface area contributed by atoms with Crippen LogP contribution in [0.1, 0.15) is 25.7 Å². The van der Waals surface area contributed by atoms with Gasteiger partial charge in [0.25, 0.3) is 0 Å². The number of ether oxygens (including phenoxy) is 3. The van der Waals surface area contributed by atoms with Gasteiger partial charge in [0.2, 0.25) is 0 Å². The quantitative estimate of drug-likeness (QED) is 0.752.